The Morgan fingerprint density at radius 3 is 2.68 bits per heavy atom. The van der Waals surface area contributed by atoms with Gasteiger partial charge in [0.25, 0.3) is 0 Å². The third-order valence-electron chi connectivity index (χ3n) is 3.57. The molecular formula is C15H19NO3. The van der Waals surface area contributed by atoms with Crippen molar-refractivity contribution in [3.63, 3.8) is 0 Å². The maximum atomic E-state index is 12.1. The summed E-state index contributed by atoms with van der Waals surface area (Å²) in [7, 11) is 1.34. The zero-order chi connectivity index (χ0) is 13.7. The van der Waals surface area contributed by atoms with Crippen LogP contribution >= 0.6 is 0 Å². The van der Waals surface area contributed by atoms with Crippen LogP contribution < -0.4 is 0 Å². The van der Waals surface area contributed by atoms with Crippen molar-refractivity contribution in [1.29, 1.82) is 0 Å². The van der Waals surface area contributed by atoms with E-state index in [2.05, 4.69) is 0 Å². The highest BCUT2D eigenvalue weighted by molar-refractivity contribution is 5.98. The maximum Gasteiger partial charge on any atom is 0.338 e. The lowest BCUT2D eigenvalue weighted by molar-refractivity contribution is -0.500. The third-order valence-corrected chi connectivity index (χ3v) is 3.57. The van der Waals surface area contributed by atoms with Gasteiger partial charge in [-0.2, -0.15) is 0 Å². The quantitative estimate of drug-likeness (QED) is 0.276. The summed E-state index contributed by atoms with van der Waals surface area (Å²) >= 11 is 0. The molecule has 0 N–H and O–H groups in total. The number of hydroxylamine groups is 1. The molecule has 19 heavy (non-hydrogen) atoms. The average Bonchev–Trinajstić information content (AvgIpc) is 2.48. The molecule has 1 aromatic carbocycles. The van der Waals surface area contributed by atoms with Crippen LogP contribution in [0.4, 0.5) is 0 Å². The van der Waals surface area contributed by atoms with Crippen LogP contribution in [-0.4, -0.2) is 30.1 Å². The van der Waals surface area contributed by atoms with Gasteiger partial charge in [0, 0.05) is 12.8 Å². The second kappa shape index (κ2) is 6.36. The van der Waals surface area contributed by atoms with Gasteiger partial charge in [-0.25, -0.2) is 9.53 Å². The van der Waals surface area contributed by atoms with Gasteiger partial charge in [0.15, 0.2) is 12.3 Å². The molecule has 0 atom stereocenters. The SMILES string of the molecule is COC(=O)c1ccccc1C=[N+]([O-])C1CCCCC1. The summed E-state index contributed by atoms with van der Waals surface area (Å²) in [6.07, 6.45) is 6.80. The van der Waals surface area contributed by atoms with Gasteiger partial charge in [-0.15, -0.1) is 0 Å². The minimum Gasteiger partial charge on any atom is -0.624 e. The summed E-state index contributed by atoms with van der Waals surface area (Å²) in [5.74, 6) is -0.413. The Morgan fingerprint density at radius 2 is 2.00 bits per heavy atom. The fraction of sp³-hybridized carbons (Fsp3) is 0.467. The highest BCUT2D eigenvalue weighted by Gasteiger charge is 2.20. The fourth-order valence-corrected chi connectivity index (χ4v) is 2.48. The molecule has 0 bridgehead atoms. The number of ether oxygens (including phenoxy) is 1. The number of hydrogen-bond acceptors (Lipinski definition) is 3. The predicted molar refractivity (Wildman–Crippen MR) is 73.4 cm³/mol. The molecule has 1 aromatic rings. The highest BCUT2D eigenvalue weighted by Crippen LogP contribution is 2.20. The van der Waals surface area contributed by atoms with E-state index in [1.165, 1.54) is 19.7 Å². The van der Waals surface area contributed by atoms with Crippen LogP contribution in [0.3, 0.4) is 0 Å². The normalized spacial score (nSPS) is 17.2. The Hall–Kier alpha value is -1.84. The lowest BCUT2D eigenvalue weighted by Gasteiger charge is -2.21. The second-order valence-corrected chi connectivity index (χ2v) is 4.86. The van der Waals surface area contributed by atoms with Gasteiger partial charge in [0.1, 0.15) is 0 Å². The molecule has 0 spiro atoms. The van der Waals surface area contributed by atoms with Gasteiger partial charge < -0.3 is 9.94 Å². The van der Waals surface area contributed by atoms with E-state index in [0.717, 1.165) is 30.4 Å². The number of nitrogens with zero attached hydrogens (tertiary/aromatic N) is 1. The summed E-state index contributed by atoms with van der Waals surface area (Å²) in [4.78, 5) is 11.6. The molecular weight excluding hydrogens is 242 g/mol. The molecule has 0 heterocycles. The van der Waals surface area contributed by atoms with E-state index >= 15 is 0 Å². The maximum absolute atomic E-state index is 12.1. The summed E-state index contributed by atoms with van der Waals surface area (Å²) in [6.45, 7) is 0. The van der Waals surface area contributed by atoms with Gasteiger partial charge in [0.05, 0.1) is 18.2 Å². The van der Waals surface area contributed by atoms with Gasteiger partial charge in [-0.1, -0.05) is 18.6 Å². The zero-order valence-electron chi connectivity index (χ0n) is 11.2. The van der Waals surface area contributed by atoms with Crippen LogP contribution in [0.15, 0.2) is 24.3 Å². The first-order valence-corrected chi connectivity index (χ1v) is 6.70. The number of carbonyl (C=O) groups is 1. The van der Waals surface area contributed by atoms with Gasteiger partial charge in [0.2, 0.25) is 0 Å². The van der Waals surface area contributed by atoms with Crippen molar-refractivity contribution in [1.82, 2.24) is 0 Å². The first-order chi connectivity index (χ1) is 9.22. The number of esters is 1. The van der Waals surface area contributed by atoms with Gasteiger partial charge in [-0.05, 0) is 25.0 Å². The summed E-state index contributed by atoms with van der Waals surface area (Å²) in [5.41, 5.74) is 1.05. The molecule has 0 aliphatic heterocycles. The Balaban J connectivity index is 2.23. The Labute approximate surface area is 113 Å². The summed E-state index contributed by atoms with van der Waals surface area (Å²) in [6, 6.07) is 7.05. The molecule has 0 unspecified atom stereocenters. The summed E-state index contributed by atoms with van der Waals surface area (Å²) < 4.78 is 5.73. The number of rotatable bonds is 3. The van der Waals surface area contributed by atoms with Crippen LogP contribution in [0.1, 0.15) is 48.0 Å². The van der Waals surface area contributed by atoms with E-state index in [4.69, 9.17) is 4.74 Å². The Bertz CT molecular complexity index is 476. The first kappa shape index (κ1) is 13.6. The second-order valence-electron chi connectivity index (χ2n) is 4.86. The fourth-order valence-electron chi connectivity index (χ4n) is 2.48. The van der Waals surface area contributed by atoms with Crippen molar-refractivity contribution in [3.05, 3.63) is 40.6 Å². The Morgan fingerprint density at radius 1 is 1.32 bits per heavy atom. The van der Waals surface area contributed by atoms with Gasteiger partial charge >= 0.3 is 5.97 Å². The van der Waals surface area contributed by atoms with Crippen LogP contribution in [0.25, 0.3) is 0 Å². The number of hydrogen-bond donors (Lipinski definition) is 0. The molecule has 4 heteroatoms. The first-order valence-electron chi connectivity index (χ1n) is 6.70. The number of benzene rings is 1. The van der Waals surface area contributed by atoms with E-state index in [1.807, 2.05) is 6.07 Å². The van der Waals surface area contributed by atoms with Crippen molar-refractivity contribution < 1.29 is 14.3 Å². The standard InChI is InChI=1S/C15H19NO3/c1-19-15(17)14-10-6-5-7-12(14)11-16(18)13-8-3-2-4-9-13/h5-7,10-11,13H,2-4,8-9H2,1H3. The number of methoxy groups -OCH3 is 1. The summed E-state index contributed by atoms with van der Waals surface area (Å²) in [5, 5.41) is 12.1. The van der Waals surface area contributed by atoms with Crippen LogP contribution in [0.5, 0.6) is 0 Å². The minimum absolute atomic E-state index is 0.0412. The number of carbonyl (C=O) groups excluding carboxylic acids is 1. The van der Waals surface area contributed by atoms with Crippen LogP contribution in [-0.2, 0) is 4.74 Å². The molecule has 0 amide bonds. The van der Waals surface area contributed by atoms with E-state index in [9.17, 15) is 10.0 Å². The molecule has 1 saturated carbocycles. The van der Waals surface area contributed by atoms with Crippen LogP contribution in [0, 0.1) is 5.21 Å². The molecule has 1 aliphatic rings. The van der Waals surface area contributed by atoms with Crippen molar-refractivity contribution >= 4 is 12.2 Å². The molecule has 0 saturated heterocycles. The van der Waals surface area contributed by atoms with Crippen molar-refractivity contribution in [2.75, 3.05) is 7.11 Å². The average molecular weight is 261 g/mol. The molecule has 4 nitrogen and oxygen atoms in total. The van der Waals surface area contributed by atoms with E-state index in [1.54, 1.807) is 18.2 Å². The van der Waals surface area contributed by atoms with Crippen LogP contribution in [0.2, 0.25) is 0 Å². The molecule has 0 radical (unpaired) electrons. The molecule has 102 valence electrons. The smallest absolute Gasteiger partial charge is 0.338 e. The molecule has 0 aromatic heterocycles. The Kier molecular flexibility index (Phi) is 4.55. The van der Waals surface area contributed by atoms with E-state index in [-0.39, 0.29) is 6.04 Å². The van der Waals surface area contributed by atoms with E-state index < -0.39 is 5.97 Å². The monoisotopic (exact) mass is 261 g/mol. The molecule has 2 rings (SSSR count). The largest absolute Gasteiger partial charge is 0.624 e. The van der Waals surface area contributed by atoms with Gasteiger partial charge in [-0.3, -0.25) is 0 Å². The molecule has 1 fully saturated rings. The predicted octanol–water partition coefficient (Wildman–Crippen LogP) is 2.74. The van der Waals surface area contributed by atoms with E-state index in [0.29, 0.717) is 11.1 Å². The lowest BCUT2D eigenvalue weighted by atomic mass is 9.96. The third kappa shape index (κ3) is 3.34. The zero-order valence-corrected chi connectivity index (χ0v) is 11.2. The van der Waals surface area contributed by atoms with Crippen molar-refractivity contribution in [2.45, 2.75) is 38.1 Å². The minimum atomic E-state index is -0.413. The highest BCUT2D eigenvalue weighted by atomic mass is 16.5. The topological polar surface area (TPSA) is 52.4 Å². The molecule has 1 aliphatic carbocycles. The lowest BCUT2D eigenvalue weighted by Crippen LogP contribution is -2.25. The van der Waals surface area contributed by atoms with Crippen molar-refractivity contribution in [2.24, 2.45) is 0 Å². The van der Waals surface area contributed by atoms with Crippen molar-refractivity contribution in [3.8, 4) is 0 Å².